The predicted octanol–water partition coefficient (Wildman–Crippen LogP) is 22.2. The molecule has 0 aliphatic carbocycles. The van der Waals surface area contributed by atoms with Crippen molar-refractivity contribution in [3.63, 3.8) is 0 Å². The Morgan fingerprint density at radius 3 is 0.784 bits per heavy atom. The van der Waals surface area contributed by atoms with Crippen LogP contribution in [0.4, 0.5) is 0 Å². The summed E-state index contributed by atoms with van der Waals surface area (Å²) < 4.78 is 16.9. The highest BCUT2D eigenvalue weighted by molar-refractivity contribution is 5.71. The Morgan fingerprint density at radius 1 is 0.270 bits per heavy atom. The van der Waals surface area contributed by atoms with Gasteiger partial charge in [-0.3, -0.25) is 14.4 Å². The van der Waals surface area contributed by atoms with Gasteiger partial charge in [-0.1, -0.05) is 275 Å². The molecular formula is C68H124O6. The van der Waals surface area contributed by atoms with E-state index in [9.17, 15) is 14.4 Å². The molecular weight excluding hydrogens is 913 g/mol. The molecule has 1 atom stereocenters. The lowest BCUT2D eigenvalue weighted by Crippen LogP contribution is -2.30. The third kappa shape index (κ3) is 60.2. The Morgan fingerprint density at radius 2 is 0.486 bits per heavy atom. The highest BCUT2D eigenvalue weighted by atomic mass is 16.6. The lowest BCUT2D eigenvalue weighted by atomic mass is 10.0. The van der Waals surface area contributed by atoms with Crippen molar-refractivity contribution in [3.8, 4) is 0 Å². The van der Waals surface area contributed by atoms with E-state index >= 15 is 0 Å². The summed E-state index contributed by atoms with van der Waals surface area (Å²) in [6.45, 7) is 6.65. The Hall–Kier alpha value is -2.63. The Kier molecular flexibility index (Phi) is 60.7. The number of unbranched alkanes of at least 4 members (excludes halogenated alkanes) is 41. The first kappa shape index (κ1) is 71.4. The van der Waals surface area contributed by atoms with Crippen molar-refractivity contribution in [2.75, 3.05) is 13.2 Å². The van der Waals surface area contributed by atoms with Crippen LogP contribution in [0, 0.1) is 0 Å². The first-order valence-corrected chi connectivity index (χ1v) is 32.6. The lowest BCUT2D eigenvalue weighted by Gasteiger charge is -2.18. The summed E-state index contributed by atoms with van der Waals surface area (Å²) >= 11 is 0. The van der Waals surface area contributed by atoms with Crippen LogP contribution in [0.25, 0.3) is 0 Å². The molecule has 0 aromatic carbocycles. The van der Waals surface area contributed by atoms with Crippen LogP contribution in [-0.2, 0) is 28.6 Å². The van der Waals surface area contributed by atoms with Gasteiger partial charge in [0.25, 0.3) is 0 Å². The van der Waals surface area contributed by atoms with Gasteiger partial charge >= 0.3 is 17.9 Å². The number of esters is 3. The normalized spacial score (nSPS) is 12.3. The van der Waals surface area contributed by atoms with Gasteiger partial charge in [0.1, 0.15) is 13.2 Å². The van der Waals surface area contributed by atoms with Gasteiger partial charge in [0.15, 0.2) is 6.10 Å². The molecule has 432 valence electrons. The largest absolute Gasteiger partial charge is 0.462 e. The summed E-state index contributed by atoms with van der Waals surface area (Å²) in [6, 6.07) is 0. The van der Waals surface area contributed by atoms with Gasteiger partial charge in [-0.25, -0.2) is 0 Å². The fourth-order valence-electron chi connectivity index (χ4n) is 9.58. The summed E-state index contributed by atoms with van der Waals surface area (Å²) in [7, 11) is 0. The van der Waals surface area contributed by atoms with Gasteiger partial charge in [0, 0.05) is 19.3 Å². The van der Waals surface area contributed by atoms with Crippen molar-refractivity contribution >= 4 is 17.9 Å². The van der Waals surface area contributed by atoms with E-state index in [0.717, 1.165) is 77.0 Å². The van der Waals surface area contributed by atoms with Gasteiger partial charge < -0.3 is 14.2 Å². The van der Waals surface area contributed by atoms with E-state index in [4.69, 9.17) is 14.2 Å². The second-order valence-corrected chi connectivity index (χ2v) is 22.0. The molecule has 0 heterocycles. The van der Waals surface area contributed by atoms with E-state index in [1.54, 1.807) is 0 Å². The van der Waals surface area contributed by atoms with Crippen molar-refractivity contribution in [1.82, 2.24) is 0 Å². The topological polar surface area (TPSA) is 78.9 Å². The average molecular weight is 1040 g/mol. The Bertz CT molecular complexity index is 1280. The fraction of sp³-hybridized carbons (Fsp3) is 0.838. The number of ether oxygens (including phenoxy) is 3. The Balaban J connectivity index is 4.32. The van der Waals surface area contributed by atoms with Crippen LogP contribution < -0.4 is 0 Å². The summed E-state index contributed by atoms with van der Waals surface area (Å²) in [4.78, 5) is 38.3. The van der Waals surface area contributed by atoms with Crippen LogP contribution in [0.3, 0.4) is 0 Å². The summed E-state index contributed by atoms with van der Waals surface area (Å²) in [5.74, 6) is -0.877. The van der Waals surface area contributed by atoms with E-state index in [0.29, 0.717) is 19.3 Å². The van der Waals surface area contributed by atoms with Gasteiger partial charge in [0.2, 0.25) is 0 Å². The minimum Gasteiger partial charge on any atom is -0.462 e. The molecule has 0 bridgehead atoms. The maximum absolute atomic E-state index is 12.9. The maximum atomic E-state index is 12.9. The summed E-state index contributed by atoms with van der Waals surface area (Å²) in [5, 5.41) is 0. The van der Waals surface area contributed by atoms with Crippen molar-refractivity contribution < 1.29 is 28.6 Å². The van der Waals surface area contributed by atoms with Gasteiger partial charge in [-0.15, -0.1) is 0 Å². The molecule has 0 aromatic heterocycles. The zero-order chi connectivity index (χ0) is 53.6. The number of hydrogen-bond donors (Lipinski definition) is 0. The lowest BCUT2D eigenvalue weighted by molar-refractivity contribution is -0.167. The third-order valence-corrected chi connectivity index (χ3v) is 14.5. The molecule has 0 aliphatic rings. The number of hydrogen-bond acceptors (Lipinski definition) is 6. The van der Waals surface area contributed by atoms with Gasteiger partial charge in [0.05, 0.1) is 0 Å². The third-order valence-electron chi connectivity index (χ3n) is 14.5. The standard InChI is InChI=1S/C68H124O6/c1-4-7-10-13-16-19-22-25-28-30-32-33-34-35-36-38-40-43-46-49-52-55-58-61-67(70)73-64-65(63-72-66(69)60-57-54-51-48-45-42-39-27-24-21-18-15-12-9-6-3)74-68(71)62-59-56-53-50-47-44-41-37-31-29-26-23-20-17-14-11-8-5-2/h18,21,27,29-32,39,65H,4-17,19-20,22-26,28,33-38,40-64H2,1-3H3/b21-18-,31-29-,32-30-,39-27-. The molecule has 0 radical (unpaired) electrons. The first-order valence-electron chi connectivity index (χ1n) is 32.6. The molecule has 0 amide bonds. The minimum atomic E-state index is -0.782. The minimum absolute atomic E-state index is 0.0775. The van der Waals surface area contributed by atoms with Crippen molar-refractivity contribution in [3.05, 3.63) is 48.6 Å². The molecule has 0 spiro atoms. The van der Waals surface area contributed by atoms with E-state index in [-0.39, 0.29) is 31.1 Å². The average Bonchev–Trinajstić information content (AvgIpc) is 3.40. The van der Waals surface area contributed by atoms with Crippen molar-refractivity contribution in [2.24, 2.45) is 0 Å². The van der Waals surface area contributed by atoms with E-state index < -0.39 is 6.10 Å². The molecule has 0 aromatic rings. The SMILES string of the molecule is CCCCC/C=C\C/C=C\CCCCCCCC(=O)OCC(COC(=O)CCCCCCCCCCCCC/C=C\CCCCCCCCCC)OC(=O)CCCCCCCCC/C=C\CCCCCCCCC. The van der Waals surface area contributed by atoms with Crippen LogP contribution in [0.2, 0.25) is 0 Å². The number of carbonyl (C=O) groups is 3. The molecule has 0 rings (SSSR count). The molecule has 6 heteroatoms. The van der Waals surface area contributed by atoms with Crippen molar-refractivity contribution in [1.29, 1.82) is 0 Å². The quantitative estimate of drug-likeness (QED) is 0.0261. The second kappa shape index (κ2) is 62.9. The number of rotatable bonds is 60. The molecule has 74 heavy (non-hydrogen) atoms. The number of carbonyl (C=O) groups excluding carboxylic acids is 3. The van der Waals surface area contributed by atoms with Crippen LogP contribution in [-0.4, -0.2) is 37.2 Å². The van der Waals surface area contributed by atoms with Gasteiger partial charge in [-0.05, 0) is 103 Å². The van der Waals surface area contributed by atoms with Crippen LogP contribution in [0.15, 0.2) is 48.6 Å². The Labute approximate surface area is 460 Å². The van der Waals surface area contributed by atoms with Crippen LogP contribution in [0.1, 0.15) is 348 Å². The van der Waals surface area contributed by atoms with Crippen LogP contribution in [0.5, 0.6) is 0 Å². The fourth-order valence-corrected chi connectivity index (χ4v) is 9.58. The molecule has 0 aliphatic heterocycles. The highest BCUT2D eigenvalue weighted by Crippen LogP contribution is 2.17. The monoisotopic (exact) mass is 1040 g/mol. The molecule has 0 saturated heterocycles. The zero-order valence-corrected chi connectivity index (χ0v) is 49.6. The van der Waals surface area contributed by atoms with E-state index in [2.05, 4.69) is 69.4 Å². The molecule has 0 fully saturated rings. The molecule has 6 nitrogen and oxygen atoms in total. The molecule has 0 N–H and O–H groups in total. The van der Waals surface area contributed by atoms with Crippen LogP contribution >= 0.6 is 0 Å². The highest BCUT2D eigenvalue weighted by Gasteiger charge is 2.19. The zero-order valence-electron chi connectivity index (χ0n) is 49.6. The van der Waals surface area contributed by atoms with E-state index in [1.807, 2.05) is 0 Å². The maximum Gasteiger partial charge on any atom is 0.306 e. The van der Waals surface area contributed by atoms with Gasteiger partial charge in [-0.2, -0.15) is 0 Å². The molecule has 1 unspecified atom stereocenters. The summed E-state index contributed by atoms with van der Waals surface area (Å²) in [5.41, 5.74) is 0. The predicted molar refractivity (Wildman–Crippen MR) is 321 cm³/mol. The van der Waals surface area contributed by atoms with Crippen molar-refractivity contribution in [2.45, 2.75) is 354 Å². The summed E-state index contributed by atoms with van der Waals surface area (Å²) in [6.07, 6.45) is 78.3. The smallest absolute Gasteiger partial charge is 0.306 e. The second-order valence-electron chi connectivity index (χ2n) is 22.0. The first-order chi connectivity index (χ1) is 36.5. The molecule has 0 saturated carbocycles. The van der Waals surface area contributed by atoms with E-state index in [1.165, 1.54) is 231 Å². The number of allylic oxidation sites excluding steroid dienone is 8.